The van der Waals surface area contributed by atoms with Gasteiger partial charge in [0.1, 0.15) is 6.67 Å². The molecule has 7 nitrogen and oxygen atoms in total. The summed E-state index contributed by atoms with van der Waals surface area (Å²) in [6, 6.07) is -0.340. The van der Waals surface area contributed by atoms with Gasteiger partial charge in [0.25, 0.3) is 0 Å². The Hall–Kier alpha value is -2.35. The van der Waals surface area contributed by atoms with Gasteiger partial charge in [-0.15, -0.1) is 0 Å². The van der Waals surface area contributed by atoms with Gasteiger partial charge < -0.3 is 25.8 Å². The lowest BCUT2D eigenvalue weighted by Gasteiger charge is -2.29. The first-order chi connectivity index (χ1) is 12.1. The number of carbonyl (C=O) groups excluding carboxylic acids is 2. The maximum absolute atomic E-state index is 12.7. The number of piperazine rings is 1. The van der Waals surface area contributed by atoms with Gasteiger partial charge in [0.15, 0.2) is 0 Å². The molecule has 0 unspecified atom stereocenters. The average molecular weight is 353 g/mol. The van der Waals surface area contributed by atoms with Crippen LogP contribution in [0.2, 0.25) is 0 Å². The molecule has 0 atom stereocenters. The molecule has 140 valence electrons. The predicted molar refractivity (Wildman–Crippen MR) is 96.6 cm³/mol. The van der Waals surface area contributed by atoms with Crippen LogP contribution in [0.4, 0.5) is 9.18 Å². The number of amides is 3. The van der Waals surface area contributed by atoms with Crippen LogP contribution in [-0.4, -0.2) is 74.7 Å². The van der Waals surface area contributed by atoms with Crippen LogP contribution < -0.4 is 16.0 Å². The fourth-order valence-electron chi connectivity index (χ4n) is 2.35. The van der Waals surface area contributed by atoms with Gasteiger partial charge in [-0.3, -0.25) is 4.79 Å². The molecule has 1 fully saturated rings. The molecule has 0 bridgehead atoms. The van der Waals surface area contributed by atoms with E-state index in [4.69, 9.17) is 0 Å². The topological polar surface area (TPSA) is 76.7 Å². The first-order valence-electron chi connectivity index (χ1n) is 8.44. The van der Waals surface area contributed by atoms with Crippen LogP contribution in [0.3, 0.4) is 0 Å². The maximum atomic E-state index is 12.7. The van der Waals surface area contributed by atoms with Gasteiger partial charge in [-0.1, -0.05) is 6.58 Å². The van der Waals surface area contributed by atoms with E-state index in [1.54, 1.807) is 12.2 Å². The molecule has 0 saturated carbocycles. The molecule has 3 amide bonds. The third kappa shape index (κ3) is 7.84. The molecule has 0 spiro atoms. The second-order valence-electron chi connectivity index (χ2n) is 5.46. The quantitative estimate of drug-likeness (QED) is 0.305. The molecule has 1 saturated heterocycles. The largest absolute Gasteiger partial charge is 0.369 e. The maximum Gasteiger partial charge on any atom is 0.321 e. The van der Waals surface area contributed by atoms with Crippen LogP contribution >= 0.6 is 0 Å². The average Bonchev–Trinajstić information content (AvgIpc) is 2.64. The second-order valence-corrected chi connectivity index (χ2v) is 5.46. The number of alkyl halides is 1. The Morgan fingerprint density at radius 1 is 1.36 bits per heavy atom. The molecule has 1 heterocycles. The molecule has 0 aromatic rings. The van der Waals surface area contributed by atoms with E-state index in [0.717, 1.165) is 31.9 Å². The first kappa shape index (κ1) is 20.7. The Morgan fingerprint density at radius 2 is 2.08 bits per heavy atom. The van der Waals surface area contributed by atoms with E-state index in [2.05, 4.69) is 27.4 Å². The molecule has 0 aromatic heterocycles. The van der Waals surface area contributed by atoms with Crippen molar-refractivity contribution < 1.29 is 14.0 Å². The molecule has 1 rings (SSSR count). The molecule has 3 N–H and O–H groups in total. The fourth-order valence-corrected chi connectivity index (χ4v) is 2.35. The van der Waals surface area contributed by atoms with E-state index < -0.39 is 6.67 Å². The SMILES string of the molecule is C=C(/C=C\C(=C/CF)NC(=O)N(CC)CCNC=O)N1CCNCC1. The van der Waals surface area contributed by atoms with E-state index in [9.17, 15) is 14.0 Å². The number of nitrogens with zero attached hydrogens (tertiary/aromatic N) is 2. The van der Waals surface area contributed by atoms with Crippen molar-refractivity contribution >= 4 is 12.4 Å². The highest BCUT2D eigenvalue weighted by molar-refractivity contribution is 5.76. The Morgan fingerprint density at radius 3 is 2.68 bits per heavy atom. The number of hydrogen-bond donors (Lipinski definition) is 3. The van der Waals surface area contributed by atoms with Crippen LogP contribution in [-0.2, 0) is 4.79 Å². The lowest BCUT2D eigenvalue weighted by molar-refractivity contribution is -0.109. The summed E-state index contributed by atoms with van der Waals surface area (Å²) in [6.45, 7) is 9.92. The minimum atomic E-state index is -0.682. The number of carbonyl (C=O) groups is 2. The van der Waals surface area contributed by atoms with Crippen LogP contribution in [0, 0.1) is 0 Å². The standard InChI is InChI=1S/C17H28FN5O2/c1-3-22(11-10-20-14-24)17(25)21-16(6-7-18)5-4-15(2)23-12-8-19-9-13-23/h4-6,14,19H,2-3,7-13H2,1H3,(H,20,24)(H,21,25)/b5-4-,16-6+. The molecule has 1 aliphatic rings. The van der Waals surface area contributed by atoms with E-state index in [0.29, 0.717) is 31.7 Å². The van der Waals surface area contributed by atoms with E-state index in [1.807, 2.05) is 6.92 Å². The van der Waals surface area contributed by atoms with Gasteiger partial charge in [0.05, 0.1) is 0 Å². The number of hydrogen-bond acceptors (Lipinski definition) is 4. The first-order valence-corrected chi connectivity index (χ1v) is 8.44. The van der Waals surface area contributed by atoms with Crippen molar-refractivity contribution in [3.63, 3.8) is 0 Å². The fraction of sp³-hybridized carbons (Fsp3) is 0.529. The molecular weight excluding hydrogens is 325 g/mol. The zero-order chi connectivity index (χ0) is 18.5. The van der Waals surface area contributed by atoms with Gasteiger partial charge in [-0.25, -0.2) is 9.18 Å². The number of nitrogens with one attached hydrogen (secondary N) is 3. The summed E-state index contributed by atoms with van der Waals surface area (Å²) >= 11 is 0. The number of likely N-dealkylation sites (N-methyl/N-ethyl adjacent to an activating group) is 1. The summed E-state index contributed by atoms with van der Waals surface area (Å²) in [7, 11) is 0. The summed E-state index contributed by atoms with van der Waals surface area (Å²) in [4.78, 5) is 26.2. The highest BCUT2D eigenvalue weighted by Gasteiger charge is 2.12. The lowest BCUT2D eigenvalue weighted by Crippen LogP contribution is -2.42. The van der Waals surface area contributed by atoms with Gasteiger partial charge in [0.2, 0.25) is 6.41 Å². The van der Waals surface area contributed by atoms with Crippen molar-refractivity contribution in [2.75, 3.05) is 52.5 Å². The van der Waals surface area contributed by atoms with Crippen molar-refractivity contribution in [3.05, 3.63) is 36.2 Å². The minimum Gasteiger partial charge on any atom is -0.369 e. The summed E-state index contributed by atoms with van der Waals surface area (Å²) in [6.07, 6.45) is 5.32. The minimum absolute atomic E-state index is 0.340. The molecule has 0 aliphatic carbocycles. The Labute approximate surface area is 148 Å². The zero-order valence-electron chi connectivity index (χ0n) is 14.8. The predicted octanol–water partition coefficient (Wildman–Crippen LogP) is 0.592. The number of urea groups is 1. The van der Waals surface area contributed by atoms with E-state index in [1.165, 1.54) is 11.0 Å². The van der Waals surface area contributed by atoms with Crippen molar-refractivity contribution in [2.24, 2.45) is 0 Å². The highest BCUT2D eigenvalue weighted by Crippen LogP contribution is 2.07. The number of allylic oxidation sites excluding steroid dienone is 3. The van der Waals surface area contributed by atoms with Crippen LogP contribution in [0.25, 0.3) is 0 Å². The van der Waals surface area contributed by atoms with Gasteiger partial charge >= 0.3 is 6.03 Å². The number of rotatable bonds is 10. The monoisotopic (exact) mass is 353 g/mol. The van der Waals surface area contributed by atoms with Crippen LogP contribution in [0.5, 0.6) is 0 Å². The molecule has 0 radical (unpaired) electrons. The van der Waals surface area contributed by atoms with Gasteiger partial charge in [0, 0.05) is 57.2 Å². The Bertz CT molecular complexity index is 501. The summed E-state index contributed by atoms with van der Waals surface area (Å²) in [5, 5.41) is 8.46. The lowest BCUT2D eigenvalue weighted by atomic mass is 10.2. The number of halogens is 1. The molecule has 0 aromatic carbocycles. The summed E-state index contributed by atoms with van der Waals surface area (Å²) in [5.74, 6) is 0. The third-order valence-corrected chi connectivity index (χ3v) is 3.81. The molecule has 8 heteroatoms. The normalized spacial score (nSPS) is 15.1. The molecule has 1 aliphatic heterocycles. The van der Waals surface area contributed by atoms with Crippen molar-refractivity contribution in [3.8, 4) is 0 Å². The summed E-state index contributed by atoms with van der Waals surface area (Å²) < 4.78 is 12.7. The Balaban J connectivity index is 2.61. The molecular formula is C17H28FN5O2. The Kier molecular flexibility index (Phi) is 10.00. The van der Waals surface area contributed by atoms with Gasteiger partial charge in [-0.05, 0) is 25.2 Å². The third-order valence-electron chi connectivity index (χ3n) is 3.81. The van der Waals surface area contributed by atoms with Crippen molar-refractivity contribution in [2.45, 2.75) is 6.92 Å². The van der Waals surface area contributed by atoms with Crippen molar-refractivity contribution in [1.29, 1.82) is 0 Å². The van der Waals surface area contributed by atoms with E-state index >= 15 is 0 Å². The highest BCUT2D eigenvalue weighted by atomic mass is 19.1. The smallest absolute Gasteiger partial charge is 0.321 e. The summed E-state index contributed by atoms with van der Waals surface area (Å²) in [5.41, 5.74) is 1.20. The van der Waals surface area contributed by atoms with Gasteiger partial charge in [-0.2, -0.15) is 0 Å². The van der Waals surface area contributed by atoms with Crippen LogP contribution in [0.15, 0.2) is 36.2 Å². The van der Waals surface area contributed by atoms with Crippen molar-refractivity contribution in [1.82, 2.24) is 25.8 Å². The molecule has 25 heavy (non-hydrogen) atoms. The van der Waals surface area contributed by atoms with E-state index in [-0.39, 0.29) is 6.03 Å². The zero-order valence-corrected chi connectivity index (χ0v) is 14.8. The van der Waals surface area contributed by atoms with Crippen LogP contribution in [0.1, 0.15) is 6.92 Å². The second kappa shape index (κ2) is 12.1.